The van der Waals surface area contributed by atoms with Crippen LogP contribution in [0.4, 0.5) is 0 Å². The molecular formula is C17H24O6. The fourth-order valence-electron chi connectivity index (χ4n) is 2.64. The van der Waals surface area contributed by atoms with Crippen molar-refractivity contribution in [2.24, 2.45) is 0 Å². The van der Waals surface area contributed by atoms with Gasteiger partial charge < -0.3 is 23.7 Å². The van der Waals surface area contributed by atoms with Crippen molar-refractivity contribution in [3.05, 3.63) is 35.9 Å². The maximum atomic E-state index is 12.4. The van der Waals surface area contributed by atoms with Gasteiger partial charge >= 0.3 is 5.97 Å². The number of esters is 1. The minimum atomic E-state index is -0.596. The maximum Gasteiger partial charge on any atom is 0.338 e. The van der Waals surface area contributed by atoms with Gasteiger partial charge in [0.25, 0.3) is 0 Å². The molecule has 0 aliphatic carbocycles. The normalized spacial score (nSPS) is 27.6. The quantitative estimate of drug-likeness (QED) is 0.711. The van der Waals surface area contributed by atoms with E-state index in [1.54, 1.807) is 38.5 Å². The van der Waals surface area contributed by atoms with Gasteiger partial charge in [0.1, 0.15) is 18.3 Å². The van der Waals surface area contributed by atoms with Gasteiger partial charge in [0.15, 0.2) is 6.10 Å². The van der Waals surface area contributed by atoms with E-state index in [1.165, 1.54) is 0 Å². The predicted octanol–water partition coefficient (Wildman–Crippen LogP) is 1.68. The smallest absolute Gasteiger partial charge is 0.338 e. The number of ether oxygens (including phenoxy) is 5. The lowest BCUT2D eigenvalue weighted by molar-refractivity contribution is -0.217. The van der Waals surface area contributed by atoms with Gasteiger partial charge in [-0.15, -0.1) is 0 Å². The van der Waals surface area contributed by atoms with Crippen LogP contribution in [0.15, 0.2) is 30.3 Å². The fourth-order valence-corrected chi connectivity index (χ4v) is 2.64. The standard InChI is InChI=1S/C17H24O6/c1-4-21-15-13(20-3)11-22-14(10-19-2)16(15)23-17(18)12-8-6-5-7-9-12/h5-9,13-16H,4,10-11H2,1-3H3/t13-,14+,15+,16+/m0/s1. The molecule has 6 nitrogen and oxygen atoms in total. The number of benzene rings is 1. The highest BCUT2D eigenvalue weighted by atomic mass is 16.6. The highest BCUT2D eigenvalue weighted by Crippen LogP contribution is 2.24. The van der Waals surface area contributed by atoms with Crippen molar-refractivity contribution >= 4 is 5.97 Å². The Balaban J connectivity index is 2.17. The molecule has 1 aromatic carbocycles. The summed E-state index contributed by atoms with van der Waals surface area (Å²) < 4.78 is 27.8. The molecule has 0 saturated carbocycles. The second kappa shape index (κ2) is 8.98. The van der Waals surface area contributed by atoms with E-state index in [9.17, 15) is 4.79 Å². The molecule has 1 aliphatic rings. The van der Waals surface area contributed by atoms with Crippen LogP contribution in [0.25, 0.3) is 0 Å². The second-order valence-corrected chi connectivity index (χ2v) is 5.26. The van der Waals surface area contributed by atoms with Gasteiger partial charge in [-0.05, 0) is 19.1 Å². The Morgan fingerprint density at radius 3 is 2.57 bits per heavy atom. The monoisotopic (exact) mass is 324 g/mol. The van der Waals surface area contributed by atoms with Crippen LogP contribution >= 0.6 is 0 Å². The summed E-state index contributed by atoms with van der Waals surface area (Å²) in [6, 6.07) is 8.84. The van der Waals surface area contributed by atoms with Gasteiger partial charge in [0.05, 0.1) is 18.8 Å². The summed E-state index contributed by atoms with van der Waals surface area (Å²) in [7, 11) is 3.17. The van der Waals surface area contributed by atoms with Crippen molar-refractivity contribution in [3.63, 3.8) is 0 Å². The molecule has 23 heavy (non-hydrogen) atoms. The molecule has 1 saturated heterocycles. The fraction of sp³-hybridized carbons (Fsp3) is 0.588. The third-order valence-corrected chi connectivity index (χ3v) is 3.78. The van der Waals surface area contributed by atoms with E-state index in [0.717, 1.165) is 0 Å². The minimum absolute atomic E-state index is 0.295. The topological polar surface area (TPSA) is 63.2 Å². The lowest BCUT2D eigenvalue weighted by Gasteiger charge is -2.40. The first kappa shape index (κ1) is 17.9. The average Bonchev–Trinajstić information content (AvgIpc) is 2.58. The third kappa shape index (κ3) is 4.51. The molecule has 0 amide bonds. The van der Waals surface area contributed by atoms with Crippen LogP contribution in [0.1, 0.15) is 17.3 Å². The van der Waals surface area contributed by atoms with E-state index in [-0.39, 0.29) is 6.10 Å². The molecule has 1 heterocycles. The molecular weight excluding hydrogens is 300 g/mol. The summed E-state index contributed by atoms with van der Waals surface area (Å²) in [6.45, 7) is 3.06. The molecule has 0 spiro atoms. The Hall–Kier alpha value is -1.47. The van der Waals surface area contributed by atoms with Crippen molar-refractivity contribution in [1.29, 1.82) is 0 Å². The Labute approximate surface area is 136 Å². The first-order chi connectivity index (χ1) is 11.2. The number of hydrogen-bond acceptors (Lipinski definition) is 6. The molecule has 128 valence electrons. The lowest BCUT2D eigenvalue weighted by atomic mass is 9.99. The molecule has 1 aliphatic heterocycles. The molecule has 1 fully saturated rings. The largest absolute Gasteiger partial charge is 0.453 e. The van der Waals surface area contributed by atoms with Crippen molar-refractivity contribution in [2.75, 3.05) is 34.0 Å². The van der Waals surface area contributed by atoms with E-state index in [4.69, 9.17) is 23.7 Å². The molecule has 0 aromatic heterocycles. The van der Waals surface area contributed by atoms with Crippen molar-refractivity contribution < 1.29 is 28.5 Å². The summed E-state index contributed by atoms with van der Waals surface area (Å²) in [5.74, 6) is -0.415. The first-order valence-electron chi connectivity index (χ1n) is 7.72. The van der Waals surface area contributed by atoms with Crippen molar-refractivity contribution in [1.82, 2.24) is 0 Å². The Kier molecular flexibility index (Phi) is 6.98. The van der Waals surface area contributed by atoms with Gasteiger partial charge in [-0.1, -0.05) is 18.2 Å². The van der Waals surface area contributed by atoms with Gasteiger partial charge in [-0.25, -0.2) is 4.79 Å². The van der Waals surface area contributed by atoms with Crippen LogP contribution in [-0.2, 0) is 23.7 Å². The van der Waals surface area contributed by atoms with Crippen LogP contribution in [0.2, 0.25) is 0 Å². The molecule has 0 radical (unpaired) electrons. The van der Waals surface area contributed by atoms with Gasteiger partial charge in [0.2, 0.25) is 0 Å². The van der Waals surface area contributed by atoms with Crippen LogP contribution in [0.5, 0.6) is 0 Å². The number of rotatable bonds is 7. The van der Waals surface area contributed by atoms with Crippen LogP contribution in [0, 0.1) is 0 Å². The van der Waals surface area contributed by atoms with Crippen LogP contribution in [0.3, 0.4) is 0 Å². The van der Waals surface area contributed by atoms with Crippen LogP contribution < -0.4 is 0 Å². The molecule has 0 unspecified atom stereocenters. The lowest BCUT2D eigenvalue weighted by Crippen LogP contribution is -2.57. The molecule has 1 aromatic rings. The van der Waals surface area contributed by atoms with Crippen molar-refractivity contribution in [2.45, 2.75) is 31.3 Å². The maximum absolute atomic E-state index is 12.4. The Bertz CT molecular complexity index is 477. The minimum Gasteiger partial charge on any atom is -0.453 e. The summed E-state index contributed by atoms with van der Waals surface area (Å²) in [6.07, 6.45) is -1.68. The van der Waals surface area contributed by atoms with E-state index in [0.29, 0.717) is 25.4 Å². The van der Waals surface area contributed by atoms with Crippen LogP contribution in [-0.4, -0.2) is 64.4 Å². The zero-order chi connectivity index (χ0) is 16.7. The zero-order valence-corrected chi connectivity index (χ0v) is 13.8. The first-order valence-corrected chi connectivity index (χ1v) is 7.72. The molecule has 0 bridgehead atoms. The number of carbonyl (C=O) groups is 1. The summed E-state index contributed by atoms with van der Waals surface area (Å²) in [5, 5.41) is 0. The van der Waals surface area contributed by atoms with Gasteiger partial charge in [-0.3, -0.25) is 0 Å². The Morgan fingerprint density at radius 1 is 1.22 bits per heavy atom. The predicted molar refractivity (Wildman–Crippen MR) is 83.5 cm³/mol. The van der Waals surface area contributed by atoms with E-state index < -0.39 is 24.3 Å². The second-order valence-electron chi connectivity index (χ2n) is 5.26. The van der Waals surface area contributed by atoms with E-state index in [2.05, 4.69) is 0 Å². The number of methoxy groups -OCH3 is 2. The molecule has 0 N–H and O–H groups in total. The highest BCUT2D eigenvalue weighted by Gasteiger charge is 2.44. The molecule has 4 atom stereocenters. The SMILES string of the molecule is CCO[C@H]1[C@H](OC(=O)c2ccccc2)[C@@H](COC)OC[C@@H]1OC. The zero-order valence-electron chi connectivity index (χ0n) is 13.8. The summed E-state index contributed by atoms with van der Waals surface area (Å²) in [5.41, 5.74) is 0.485. The number of hydrogen-bond donors (Lipinski definition) is 0. The molecule has 2 rings (SSSR count). The Morgan fingerprint density at radius 2 is 1.96 bits per heavy atom. The molecule has 6 heteroatoms. The highest BCUT2D eigenvalue weighted by molar-refractivity contribution is 5.89. The third-order valence-electron chi connectivity index (χ3n) is 3.78. The summed E-state index contributed by atoms with van der Waals surface area (Å²) >= 11 is 0. The van der Waals surface area contributed by atoms with E-state index >= 15 is 0 Å². The van der Waals surface area contributed by atoms with Gasteiger partial charge in [-0.2, -0.15) is 0 Å². The van der Waals surface area contributed by atoms with E-state index in [1.807, 2.05) is 13.0 Å². The van der Waals surface area contributed by atoms with Gasteiger partial charge in [0, 0.05) is 20.8 Å². The van der Waals surface area contributed by atoms with Crippen molar-refractivity contribution in [3.8, 4) is 0 Å². The summed E-state index contributed by atoms with van der Waals surface area (Å²) in [4.78, 5) is 12.4. The average molecular weight is 324 g/mol. The number of carbonyl (C=O) groups excluding carboxylic acids is 1.